The summed E-state index contributed by atoms with van der Waals surface area (Å²) in [6.45, 7) is 6.23. The summed E-state index contributed by atoms with van der Waals surface area (Å²) >= 11 is 0. The third kappa shape index (κ3) is 4.57. The third-order valence-electron chi connectivity index (χ3n) is 5.06. The fourth-order valence-electron chi connectivity index (χ4n) is 3.54. The number of rotatable bonds is 5. The monoisotopic (exact) mass is 352 g/mol. The van der Waals surface area contributed by atoms with Crippen LogP contribution in [0.4, 0.5) is 4.79 Å². The average molecular weight is 352 g/mol. The Labute approximate surface area is 156 Å². The quantitative estimate of drug-likeness (QED) is 0.845. The van der Waals surface area contributed by atoms with Gasteiger partial charge in [-0.15, -0.1) is 0 Å². The lowest BCUT2D eigenvalue weighted by Crippen LogP contribution is -2.44. The highest BCUT2D eigenvalue weighted by atomic mass is 16.5. The largest absolute Gasteiger partial charge is 0.494 e. The number of hydrogen-bond donors (Lipinski definition) is 1. The maximum atomic E-state index is 12.6. The van der Waals surface area contributed by atoms with Gasteiger partial charge in [0.2, 0.25) is 0 Å². The Balaban J connectivity index is 1.53. The molecule has 3 rings (SSSR count). The summed E-state index contributed by atoms with van der Waals surface area (Å²) in [6.07, 6.45) is 2.04. The Kier molecular flexibility index (Phi) is 6.16. The lowest BCUT2D eigenvalue weighted by Gasteiger charge is -2.33. The Bertz CT molecular complexity index is 709. The molecule has 2 aromatic carbocycles. The number of benzene rings is 2. The molecule has 2 amide bonds. The first kappa shape index (κ1) is 18.3. The van der Waals surface area contributed by atoms with E-state index in [0.29, 0.717) is 12.5 Å². The van der Waals surface area contributed by atoms with Gasteiger partial charge in [0.1, 0.15) is 5.75 Å². The third-order valence-corrected chi connectivity index (χ3v) is 5.06. The van der Waals surface area contributed by atoms with Gasteiger partial charge >= 0.3 is 6.03 Å². The van der Waals surface area contributed by atoms with Gasteiger partial charge < -0.3 is 15.0 Å². The van der Waals surface area contributed by atoms with Crippen molar-refractivity contribution >= 4 is 6.03 Å². The number of ether oxygens (including phenoxy) is 1. The number of hydrogen-bond acceptors (Lipinski definition) is 2. The fraction of sp³-hybridized carbons (Fsp3) is 0.409. The number of likely N-dealkylation sites (tertiary alicyclic amines) is 1. The molecule has 1 heterocycles. The summed E-state index contributed by atoms with van der Waals surface area (Å²) in [5, 5.41) is 3.12. The van der Waals surface area contributed by atoms with Crippen LogP contribution >= 0.6 is 0 Å². The minimum atomic E-state index is -0.0465. The van der Waals surface area contributed by atoms with Crippen molar-refractivity contribution in [2.24, 2.45) is 0 Å². The Hall–Kier alpha value is -2.49. The first-order valence-corrected chi connectivity index (χ1v) is 9.50. The van der Waals surface area contributed by atoms with Crippen molar-refractivity contribution < 1.29 is 9.53 Å². The van der Waals surface area contributed by atoms with E-state index in [9.17, 15) is 4.79 Å². The summed E-state index contributed by atoms with van der Waals surface area (Å²) < 4.78 is 5.55. The van der Waals surface area contributed by atoms with Crippen LogP contribution in [0.15, 0.2) is 54.6 Å². The first-order chi connectivity index (χ1) is 12.7. The summed E-state index contributed by atoms with van der Waals surface area (Å²) in [6, 6.07) is 18.5. The first-order valence-electron chi connectivity index (χ1n) is 9.50. The Morgan fingerprint density at radius 1 is 1.15 bits per heavy atom. The number of carbonyl (C=O) groups is 1. The van der Waals surface area contributed by atoms with Crippen molar-refractivity contribution in [2.45, 2.75) is 38.6 Å². The standard InChI is InChI=1S/C22H28N2O2/c1-3-26-21-11-7-10-20(16-21)17(2)23-22(25)24-14-12-19(13-15-24)18-8-5-4-6-9-18/h4-11,16-17,19H,3,12-15H2,1-2H3,(H,23,25). The number of nitrogens with one attached hydrogen (secondary N) is 1. The molecule has 4 heteroatoms. The topological polar surface area (TPSA) is 41.6 Å². The van der Waals surface area contributed by atoms with E-state index in [1.807, 2.05) is 49.1 Å². The Morgan fingerprint density at radius 3 is 2.58 bits per heavy atom. The number of urea groups is 1. The molecule has 2 aromatic rings. The second-order valence-corrected chi connectivity index (χ2v) is 6.85. The van der Waals surface area contributed by atoms with Gasteiger partial charge in [-0.2, -0.15) is 0 Å². The lowest BCUT2D eigenvalue weighted by atomic mass is 9.90. The van der Waals surface area contributed by atoms with E-state index in [-0.39, 0.29) is 12.1 Å². The van der Waals surface area contributed by atoms with Crippen molar-refractivity contribution in [3.05, 3.63) is 65.7 Å². The summed E-state index contributed by atoms with van der Waals surface area (Å²) in [7, 11) is 0. The minimum Gasteiger partial charge on any atom is -0.494 e. The van der Waals surface area contributed by atoms with Crippen LogP contribution < -0.4 is 10.1 Å². The normalized spacial score (nSPS) is 16.2. The van der Waals surface area contributed by atoms with Gasteiger partial charge in [0.25, 0.3) is 0 Å². The van der Waals surface area contributed by atoms with E-state index >= 15 is 0 Å². The van der Waals surface area contributed by atoms with Gasteiger partial charge in [-0.25, -0.2) is 4.79 Å². The molecule has 0 radical (unpaired) electrons. The molecule has 0 spiro atoms. The molecule has 1 N–H and O–H groups in total. The molecular formula is C22H28N2O2. The molecule has 26 heavy (non-hydrogen) atoms. The van der Waals surface area contributed by atoms with Crippen LogP contribution in [-0.2, 0) is 0 Å². The minimum absolute atomic E-state index is 0.0193. The van der Waals surface area contributed by atoms with E-state index in [0.717, 1.165) is 37.2 Å². The zero-order valence-corrected chi connectivity index (χ0v) is 15.7. The van der Waals surface area contributed by atoms with E-state index < -0.39 is 0 Å². The molecule has 4 nitrogen and oxygen atoms in total. The van der Waals surface area contributed by atoms with E-state index in [4.69, 9.17) is 4.74 Å². The smallest absolute Gasteiger partial charge is 0.317 e. The highest BCUT2D eigenvalue weighted by Gasteiger charge is 2.24. The zero-order chi connectivity index (χ0) is 18.4. The highest BCUT2D eigenvalue weighted by Crippen LogP contribution is 2.28. The van der Waals surface area contributed by atoms with Gasteiger partial charge in [0.05, 0.1) is 12.6 Å². The number of nitrogens with zero attached hydrogens (tertiary/aromatic N) is 1. The van der Waals surface area contributed by atoms with Crippen LogP contribution in [0.5, 0.6) is 5.75 Å². The van der Waals surface area contributed by atoms with Crippen molar-refractivity contribution in [3.63, 3.8) is 0 Å². The second kappa shape index (κ2) is 8.75. The predicted octanol–water partition coefficient (Wildman–Crippen LogP) is 4.74. The maximum absolute atomic E-state index is 12.6. The van der Waals surface area contributed by atoms with Gasteiger partial charge in [0, 0.05) is 13.1 Å². The van der Waals surface area contributed by atoms with Crippen LogP contribution in [0, 0.1) is 0 Å². The molecule has 0 aromatic heterocycles. The molecule has 1 fully saturated rings. The van der Waals surface area contributed by atoms with Crippen molar-refractivity contribution in [2.75, 3.05) is 19.7 Å². The number of piperidine rings is 1. The van der Waals surface area contributed by atoms with Crippen molar-refractivity contribution in [1.29, 1.82) is 0 Å². The number of carbonyl (C=O) groups excluding carboxylic acids is 1. The van der Waals surface area contributed by atoms with E-state index in [2.05, 4.69) is 29.6 Å². The van der Waals surface area contributed by atoms with Crippen molar-refractivity contribution in [3.8, 4) is 5.75 Å². The molecule has 0 bridgehead atoms. The second-order valence-electron chi connectivity index (χ2n) is 6.85. The van der Waals surface area contributed by atoms with Gasteiger partial charge in [-0.3, -0.25) is 0 Å². The SMILES string of the molecule is CCOc1cccc(C(C)NC(=O)N2CCC(c3ccccc3)CC2)c1. The van der Waals surface area contributed by atoms with E-state index in [1.165, 1.54) is 5.56 Å². The molecule has 1 aliphatic heterocycles. The Morgan fingerprint density at radius 2 is 1.88 bits per heavy atom. The van der Waals surface area contributed by atoms with Crippen LogP contribution in [0.2, 0.25) is 0 Å². The molecule has 1 saturated heterocycles. The molecule has 0 saturated carbocycles. The molecule has 0 aliphatic carbocycles. The van der Waals surface area contributed by atoms with E-state index in [1.54, 1.807) is 0 Å². The lowest BCUT2D eigenvalue weighted by molar-refractivity contribution is 0.178. The summed E-state index contributed by atoms with van der Waals surface area (Å²) in [5.74, 6) is 1.40. The van der Waals surface area contributed by atoms with Gasteiger partial charge in [-0.1, -0.05) is 42.5 Å². The van der Waals surface area contributed by atoms with Gasteiger partial charge in [0.15, 0.2) is 0 Å². The molecular weight excluding hydrogens is 324 g/mol. The van der Waals surface area contributed by atoms with Crippen LogP contribution in [0.25, 0.3) is 0 Å². The van der Waals surface area contributed by atoms with Crippen LogP contribution in [-0.4, -0.2) is 30.6 Å². The van der Waals surface area contributed by atoms with Crippen LogP contribution in [0.3, 0.4) is 0 Å². The highest BCUT2D eigenvalue weighted by molar-refractivity contribution is 5.74. The molecule has 138 valence electrons. The summed E-state index contributed by atoms with van der Waals surface area (Å²) in [4.78, 5) is 14.6. The van der Waals surface area contributed by atoms with Crippen molar-refractivity contribution in [1.82, 2.24) is 10.2 Å². The fourth-order valence-corrected chi connectivity index (χ4v) is 3.54. The molecule has 1 unspecified atom stereocenters. The predicted molar refractivity (Wildman–Crippen MR) is 105 cm³/mol. The number of amides is 2. The molecule has 1 atom stereocenters. The maximum Gasteiger partial charge on any atom is 0.317 e. The van der Waals surface area contributed by atoms with Crippen LogP contribution in [0.1, 0.15) is 49.8 Å². The molecule has 1 aliphatic rings. The van der Waals surface area contributed by atoms with Gasteiger partial charge in [-0.05, 0) is 55.9 Å². The average Bonchev–Trinajstić information content (AvgIpc) is 2.69. The summed E-state index contributed by atoms with van der Waals surface area (Å²) in [5.41, 5.74) is 2.44. The zero-order valence-electron chi connectivity index (χ0n) is 15.7.